The maximum atomic E-state index is 13.0. The lowest BCUT2D eigenvalue weighted by atomic mass is 10.2. The highest BCUT2D eigenvalue weighted by molar-refractivity contribution is 7.18. The standard InChI is InChI=1S/C21H18N4O3S2/c1-24(2)20(27)13-5-3-6-14(9-13)23-17(26)10-25-12-22-19-18(21(25)28)15(11-30-19)16-7-4-8-29-16/h3-9,11-12H,10H2,1-2H3,(H,23,26). The topological polar surface area (TPSA) is 84.3 Å². The number of amides is 2. The molecule has 4 rings (SSSR count). The van der Waals surface area contributed by atoms with E-state index in [1.165, 1.54) is 27.1 Å². The van der Waals surface area contributed by atoms with Crippen molar-refractivity contribution in [2.24, 2.45) is 0 Å². The fourth-order valence-electron chi connectivity index (χ4n) is 3.04. The second-order valence-corrected chi connectivity index (χ2v) is 8.62. The van der Waals surface area contributed by atoms with Crippen molar-refractivity contribution < 1.29 is 9.59 Å². The van der Waals surface area contributed by atoms with Gasteiger partial charge in [0, 0.05) is 41.2 Å². The Kier molecular flexibility index (Phi) is 5.47. The third kappa shape index (κ3) is 3.89. The first-order valence-corrected chi connectivity index (χ1v) is 10.8. The van der Waals surface area contributed by atoms with E-state index in [1.807, 2.05) is 22.9 Å². The lowest BCUT2D eigenvalue weighted by molar-refractivity contribution is -0.116. The molecule has 9 heteroatoms. The number of anilines is 1. The summed E-state index contributed by atoms with van der Waals surface area (Å²) in [4.78, 5) is 45.1. The van der Waals surface area contributed by atoms with E-state index in [1.54, 1.807) is 49.7 Å². The van der Waals surface area contributed by atoms with Crippen LogP contribution in [0, 0.1) is 0 Å². The minimum atomic E-state index is -0.374. The van der Waals surface area contributed by atoms with Crippen molar-refractivity contribution in [3.05, 3.63) is 69.4 Å². The number of carbonyl (C=O) groups is 2. The van der Waals surface area contributed by atoms with Gasteiger partial charge >= 0.3 is 0 Å². The summed E-state index contributed by atoms with van der Waals surface area (Å²) in [6, 6.07) is 10.6. The van der Waals surface area contributed by atoms with Gasteiger partial charge in [-0.05, 0) is 29.6 Å². The molecule has 0 bridgehead atoms. The summed E-state index contributed by atoms with van der Waals surface area (Å²) in [6.45, 7) is -0.173. The zero-order chi connectivity index (χ0) is 21.3. The van der Waals surface area contributed by atoms with Crippen LogP contribution in [-0.4, -0.2) is 40.4 Å². The smallest absolute Gasteiger partial charge is 0.263 e. The summed E-state index contributed by atoms with van der Waals surface area (Å²) in [7, 11) is 3.33. The van der Waals surface area contributed by atoms with Gasteiger partial charge in [0.25, 0.3) is 11.5 Å². The molecule has 0 atom stereocenters. The highest BCUT2D eigenvalue weighted by Gasteiger charge is 2.16. The van der Waals surface area contributed by atoms with Crippen molar-refractivity contribution in [2.45, 2.75) is 6.54 Å². The molecule has 0 unspecified atom stereocenters. The number of hydrogen-bond acceptors (Lipinski definition) is 6. The summed E-state index contributed by atoms with van der Waals surface area (Å²) in [5, 5.41) is 7.14. The van der Waals surface area contributed by atoms with Gasteiger partial charge in [-0.1, -0.05) is 12.1 Å². The normalized spacial score (nSPS) is 10.9. The van der Waals surface area contributed by atoms with E-state index >= 15 is 0 Å². The lowest BCUT2D eigenvalue weighted by Crippen LogP contribution is -2.28. The minimum Gasteiger partial charge on any atom is -0.345 e. The van der Waals surface area contributed by atoms with Gasteiger partial charge in [0.2, 0.25) is 5.91 Å². The molecule has 152 valence electrons. The van der Waals surface area contributed by atoms with Crippen molar-refractivity contribution >= 4 is 50.4 Å². The molecule has 3 aromatic heterocycles. The number of nitrogens with zero attached hydrogens (tertiary/aromatic N) is 3. The van der Waals surface area contributed by atoms with E-state index in [2.05, 4.69) is 10.3 Å². The number of aromatic nitrogens is 2. The molecular weight excluding hydrogens is 420 g/mol. The van der Waals surface area contributed by atoms with Crippen LogP contribution in [0.25, 0.3) is 20.7 Å². The molecule has 0 saturated heterocycles. The average molecular weight is 439 g/mol. The summed E-state index contributed by atoms with van der Waals surface area (Å²) < 4.78 is 1.30. The fraction of sp³-hybridized carbons (Fsp3) is 0.143. The number of rotatable bonds is 5. The quantitative estimate of drug-likeness (QED) is 0.517. The van der Waals surface area contributed by atoms with Crippen molar-refractivity contribution in [3.8, 4) is 10.4 Å². The summed E-state index contributed by atoms with van der Waals surface area (Å²) >= 11 is 2.96. The molecule has 2 amide bonds. The van der Waals surface area contributed by atoms with Crippen LogP contribution in [0.2, 0.25) is 0 Å². The van der Waals surface area contributed by atoms with Gasteiger partial charge in [-0.2, -0.15) is 0 Å². The zero-order valence-electron chi connectivity index (χ0n) is 16.3. The molecule has 3 heterocycles. The van der Waals surface area contributed by atoms with E-state index in [9.17, 15) is 14.4 Å². The molecule has 4 aromatic rings. The molecular formula is C21H18N4O3S2. The predicted octanol–water partition coefficient (Wildman–Crippen LogP) is 3.53. The van der Waals surface area contributed by atoms with Crippen molar-refractivity contribution in [1.29, 1.82) is 0 Å². The lowest BCUT2D eigenvalue weighted by Gasteiger charge is -2.12. The van der Waals surface area contributed by atoms with E-state index in [0.717, 1.165) is 10.4 Å². The molecule has 0 radical (unpaired) electrons. The molecule has 0 aliphatic carbocycles. The van der Waals surface area contributed by atoms with Gasteiger partial charge in [-0.25, -0.2) is 4.98 Å². The first-order chi connectivity index (χ1) is 14.4. The van der Waals surface area contributed by atoms with Crippen LogP contribution in [0.1, 0.15) is 10.4 Å². The van der Waals surface area contributed by atoms with Crippen LogP contribution in [0.4, 0.5) is 5.69 Å². The summed E-state index contributed by atoms with van der Waals surface area (Å²) in [6.07, 6.45) is 1.39. The molecule has 1 N–H and O–H groups in total. The highest BCUT2D eigenvalue weighted by atomic mass is 32.1. The number of fused-ring (bicyclic) bond motifs is 1. The molecule has 0 fully saturated rings. The van der Waals surface area contributed by atoms with Crippen molar-refractivity contribution in [1.82, 2.24) is 14.5 Å². The van der Waals surface area contributed by atoms with Crippen LogP contribution in [0.15, 0.2) is 58.3 Å². The second kappa shape index (κ2) is 8.21. The molecule has 0 saturated carbocycles. The molecule has 30 heavy (non-hydrogen) atoms. The number of carbonyl (C=O) groups excluding carboxylic acids is 2. The third-order valence-corrected chi connectivity index (χ3v) is 6.25. The molecule has 0 aliphatic rings. The number of nitrogens with one attached hydrogen (secondary N) is 1. The van der Waals surface area contributed by atoms with Crippen LogP contribution in [0.3, 0.4) is 0 Å². The van der Waals surface area contributed by atoms with Crippen LogP contribution in [-0.2, 0) is 11.3 Å². The van der Waals surface area contributed by atoms with Gasteiger partial charge in [0.05, 0.1) is 11.7 Å². The SMILES string of the molecule is CN(C)C(=O)c1cccc(NC(=O)Cn2cnc3scc(-c4cccs4)c3c2=O)c1. The van der Waals surface area contributed by atoms with Crippen LogP contribution >= 0.6 is 22.7 Å². The minimum absolute atomic E-state index is 0.157. The average Bonchev–Trinajstić information content (AvgIpc) is 3.39. The molecule has 0 aliphatic heterocycles. The van der Waals surface area contributed by atoms with Gasteiger partial charge in [0.1, 0.15) is 11.4 Å². The van der Waals surface area contributed by atoms with E-state index < -0.39 is 0 Å². The maximum Gasteiger partial charge on any atom is 0.263 e. The Labute approximate surface area is 180 Å². The summed E-state index contributed by atoms with van der Waals surface area (Å²) in [5.74, 6) is -0.531. The first kappa shape index (κ1) is 20.0. The Morgan fingerprint density at radius 3 is 2.73 bits per heavy atom. The monoisotopic (exact) mass is 438 g/mol. The Bertz CT molecular complexity index is 1290. The Balaban J connectivity index is 1.58. The van der Waals surface area contributed by atoms with Gasteiger partial charge in [-0.15, -0.1) is 22.7 Å². The van der Waals surface area contributed by atoms with Gasteiger partial charge in [0.15, 0.2) is 0 Å². The molecule has 1 aromatic carbocycles. The molecule has 0 spiro atoms. The van der Waals surface area contributed by atoms with E-state index in [-0.39, 0.29) is 23.9 Å². The molecule has 7 nitrogen and oxygen atoms in total. The third-order valence-electron chi connectivity index (χ3n) is 4.46. The Morgan fingerprint density at radius 1 is 1.17 bits per heavy atom. The number of benzene rings is 1. The largest absolute Gasteiger partial charge is 0.345 e. The predicted molar refractivity (Wildman–Crippen MR) is 120 cm³/mol. The van der Waals surface area contributed by atoms with Gasteiger partial charge in [-0.3, -0.25) is 19.0 Å². The second-order valence-electron chi connectivity index (χ2n) is 6.81. The van der Waals surface area contributed by atoms with E-state index in [4.69, 9.17) is 0 Å². The number of hydrogen-bond donors (Lipinski definition) is 1. The number of thiophene rings is 2. The van der Waals surface area contributed by atoms with Crippen LogP contribution in [0.5, 0.6) is 0 Å². The first-order valence-electron chi connectivity index (χ1n) is 9.06. The Hall–Kier alpha value is -3.30. The van der Waals surface area contributed by atoms with Crippen molar-refractivity contribution in [3.63, 3.8) is 0 Å². The highest BCUT2D eigenvalue weighted by Crippen LogP contribution is 2.33. The summed E-state index contributed by atoms with van der Waals surface area (Å²) in [5.41, 5.74) is 1.55. The fourth-order valence-corrected chi connectivity index (χ4v) is 4.76. The zero-order valence-corrected chi connectivity index (χ0v) is 17.9. The van der Waals surface area contributed by atoms with Crippen LogP contribution < -0.4 is 10.9 Å². The maximum absolute atomic E-state index is 13.0. The van der Waals surface area contributed by atoms with Crippen molar-refractivity contribution in [2.75, 3.05) is 19.4 Å². The Morgan fingerprint density at radius 2 is 2.00 bits per heavy atom. The van der Waals surface area contributed by atoms with E-state index in [0.29, 0.717) is 21.5 Å². The van der Waals surface area contributed by atoms with Gasteiger partial charge < -0.3 is 10.2 Å².